The van der Waals surface area contributed by atoms with Crippen molar-refractivity contribution in [2.75, 3.05) is 6.61 Å². The first-order chi connectivity index (χ1) is 13.4. The molecule has 0 aromatic heterocycles. The molecular formula is C25H41NO2. The monoisotopic (exact) mass is 387 g/mol. The highest BCUT2D eigenvalue weighted by Gasteiger charge is 2.64. The number of nitrogens with zero attached hydrogens (tertiary/aromatic N) is 1. The van der Waals surface area contributed by atoms with Crippen molar-refractivity contribution in [3.8, 4) is 0 Å². The van der Waals surface area contributed by atoms with Crippen LogP contribution in [0.1, 0.15) is 91.4 Å². The minimum atomic E-state index is 0.0529. The molecule has 5 saturated carbocycles. The summed E-state index contributed by atoms with van der Waals surface area (Å²) in [4.78, 5) is 11.4. The Morgan fingerprint density at radius 3 is 2.32 bits per heavy atom. The first kappa shape index (κ1) is 19.5. The van der Waals surface area contributed by atoms with E-state index in [1.165, 1.54) is 64.2 Å². The van der Waals surface area contributed by atoms with E-state index in [2.05, 4.69) is 25.9 Å². The molecule has 28 heavy (non-hydrogen) atoms. The van der Waals surface area contributed by atoms with E-state index in [0.29, 0.717) is 29.3 Å². The number of hydrogen-bond acceptors (Lipinski definition) is 3. The van der Waals surface area contributed by atoms with Crippen molar-refractivity contribution in [2.45, 2.75) is 97.4 Å². The molecule has 0 aliphatic heterocycles. The van der Waals surface area contributed by atoms with Crippen molar-refractivity contribution in [3.05, 3.63) is 4.91 Å². The van der Waals surface area contributed by atoms with Gasteiger partial charge in [-0.3, -0.25) is 0 Å². The Morgan fingerprint density at radius 1 is 0.857 bits per heavy atom. The second-order valence-corrected chi connectivity index (χ2v) is 12.2. The third-order valence-electron chi connectivity index (χ3n) is 11.7. The lowest BCUT2D eigenvalue weighted by molar-refractivity contribution is -0.187. The van der Waals surface area contributed by atoms with Gasteiger partial charge in [0, 0.05) is 6.61 Å². The molecule has 0 aromatic rings. The van der Waals surface area contributed by atoms with Crippen LogP contribution < -0.4 is 0 Å². The molecule has 10 atom stereocenters. The Morgan fingerprint density at radius 2 is 1.57 bits per heavy atom. The van der Waals surface area contributed by atoms with Crippen LogP contribution in [0.5, 0.6) is 0 Å². The smallest absolute Gasteiger partial charge is 0.0948 e. The zero-order valence-corrected chi connectivity index (χ0v) is 18.3. The molecule has 0 radical (unpaired) electrons. The lowest BCUT2D eigenvalue weighted by Crippen LogP contribution is -2.61. The highest BCUT2D eigenvalue weighted by molar-refractivity contribution is 5.13. The Kier molecular flexibility index (Phi) is 4.55. The van der Waals surface area contributed by atoms with Crippen molar-refractivity contribution in [2.24, 2.45) is 56.9 Å². The van der Waals surface area contributed by atoms with E-state index in [9.17, 15) is 10.0 Å². The van der Waals surface area contributed by atoms with Gasteiger partial charge in [0.1, 0.15) is 0 Å². The molecule has 0 saturated heterocycles. The van der Waals surface area contributed by atoms with Gasteiger partial charge >= 0.3 is 0 Å². The van der Waals surface area contributed by atoms with E-state index < -0.39 is 0 Å². The maximum absolute atomic E-state index is 11.4. The van der Waals surface area contributed by atoms with Crippen LogP contribution in [0, 0.1) is 56.7 Å². The third kappa shape index (κ3) is 2.38. The van der Waals surface area contributed by atoms with Crippen molar-refractivity contribution < 1.29 is 5.11 Å². The van der Waals surface area contributed by atoms with E-state index in [1.807, 2.05) is 0 Å². The summed E-state index contributed by atoms with van der Waals surface area (Å²) in [6, 6.07) is 0.0529. The largest absolute Gasteiger partial charge is 0.396 e. The molecule has 5 aliphatic rings. The SMILES string of the molecule is CC1C(N=O)CCC2(C)C1CCC1(C)C3CCC4(CO)CCCC4C3CCC21. The van der Waals surface area contributed by atoms with Crippen LogP contribution in [0.2, 0.25) is 0 Å². The molecule has 0 aromatic carbocycles. The minimum Gasteiger partial charge on any atom is -0.396 e. The molecule has 3 heteroatoms. The maximum Gasteiger partial charge on any atom is 0.0948 e. The van der Waals surface area contributed by atoms with Gasteiger partial charge in [0.2, 0.25) is 0 Å². The number of nitroso groups, excluding NO2 is 1. The van der Waals surface area contributed by atoms with Gasteiger partial charge in [-0.15, -0.1) is 0 Å². The molecule has 1 N–H and O–H groups in total. The molecular weight excluding hydrogens is 346 g/mol. The third-order valence-corrected chi connectivity index (χ3v) is 11.7. The van der Waals surface area contributed by atoms with Gasteiger partial charge in [0.05, 0.1) is 6.04 Å². The predicted octanol–water partition coefficient (Wildman–Crippen LogP) is 6.19. The molecule has 10 unspecified atom stereocenters. The molecule has 0 bridgehead atoms. The zero-order chi connectivity index (χ0) is 19.7. The van der Waals surface area contributed by atoms with Crippen LogP contribution in [0.25, 0.3) is 0 Å². The summed E-state index contributed by atoms with van der Waals surface area (Å²) in [7, 11) is 0. The van der Waals surface area contributed by atoms with Crippen LogP contribution in [-0.2, 0) is 0 Å². The summed E-state index contributed by atoms with van der Waals surface area (Å²) in [6.45, 7) is 8.00. The lowest BCUT2D eigenvalue weighted by atomic mass is 9.37. The second kappa shape index (κ2) is 6.53. The fraction of sp³-hybridized carbons (Fsp3) is 1.00. The van der Waals surface area contributed by atoms with Gasteiger partial charge in [-0.1, -0.05) is 32.4 Å². The molecule has 0 heterocycles. The first-order valence-corrected chi connectivity index (χ1v) is 12.3. The van der Waals surface area contributed by atoms with Crippen molar-refractivity contribution in [3.63, 3.8) is 0 Å². The topological polar surface area (TPSA) is 49.7 Å². The van der Waals surface area contributed by atoms with E-state index in [0.717, 1.165) is 30.1 Å². The van der Waals surface area contributed by atoms with Gasteiger partial charge in [-0.2, -0.15) is 4.91 Å². The Hall–Kier alpha value is -0.440. The highest BCUT2D eigenvalue weighted by atomic mass is 16.3. The fourth-order valence-electron chi connectivity index (χ4n) is 10.4. The normalized spacial score (nSPS) is 58.2. The minimum absolute atomic E-state index is 0.0529. The van der Waals surface area contributed by atoms with Gasteiger partial charge in [-0.05, 0) is 116 Å². The standard InChI is InChI=1S/C25H41NO2/c1-16-18-8-12-24(3)19-9-14-25(15-27)11-4-5-20(25)17(19)6-7-22(24)23(18,2)13-10-21(16)26-28/h16-22,27H,4-15H2,1-3H3. The van der Waals surface area contributed by atoms with Gasteiger partial charge in [0.25, 0.3) is 0 Å². The average Bonchev–Trinajstić information content (AvgIpc) is 3.13. The van der Waals surface area contributed by atoms with Gasteiger partial charge in [0.15, 0.2) is 0 Å². The highest BCUT2D eigenvalue weighted by Crippen LogP contribution is 2.71. The van der Waals surface area contributed by atoms with Gasteiger partial charge < -0.3 is 5.11 Å². The molecule has 5 aliphatic carbocycles. The van der Waals surface area contributed by atoms with Crippen LogP contribution in [0.4, 0.5) is 0 Å². The lowest BCUT2D eigenvalue weighted by Gasteiger charge is -2.67. The summed E-state index contributed by atoms with van der Waals surface area (Å²) < 4.78 is 0. The average molecular weight is 388 g/mol. The van der Waals surface area contributed by atoms with E-state index in [-0.39, 0.29) is 11.5 Å². The molecule has 3 nitrogen and oxygen atoms in total. The Labute approximate surface area is 171 Å². The zero-order valence-electron chi connectivity index (χ0n) is 18.3. The van der Waals surface area contributed by atoms with Crippen LogP contribution >= 0.6 is 0 Å². The van der Waals surface area contributed by atoms with E-state index in [1.54, 1.807) is 0 Å². The van der Waals surface area contributed by atoms with Crippen molar-refractivity contribution in [1.29, 1.82) is 0 Å². The summed E-state index contributed by atoms with van der Waals surface area (Å²) in [5.41, 5.74) is 1.15. The van der Waals surface area contributed by atoms with E-state index >= 15 is 0 Å². The Bertz CT molecular complexity index is 636. The Balaban J connectivity index is 1.45. The van der Waals surface area contributed by atoms with E-state index in [4.69, 9.17) is 0 Å². The van der Waals surface area contributed by atoms with Gasteiger partial charge in [-0.25, -0.2) is 0 Å². The molecule has 158 valence electrons. The molecule has 0 spiro atoms. The molecule has 5 rings (SSSR count). The predicted molar refractivity (Wildman–Crippen MR) is 113 cm³/mol. The summed E-state index contributed by atoms with van der Waals surface area (Å²) in [5.74, 6) is 4.47. The van der Waals surface area contributed by atoms with Crippen LogP contribution in [-0.4, -0.2) is 17.8 Å². The van der Waals surface area contributed by atoms with Crippen molar-refractivity contribution >= 4 is 0 Å². The number of rotatable bonds is 2. The number of aliphatic hydroxyl groups excluding tert-OH is 1. The molecule has 0 amide bonds. The number of hydrogen-bond donors (Lipinski definition) is 1. The van der Waals surface area contributed by atoms with Crippen LogP contribution in [0.15, 0.2) is 5.18 Å². The van der Waals surface area contributed by atoms with Crippen molar-refractivity contribution in [1.82, 2.24) is 0 Å². The first-order valence-electron chi connectivity index (χ1n) is 12.3. The quantitative estimate of drug-likeness (QED) is 0.574. The summed E-state index contributed by atoms with van der Waals surface area (Å²) in [5, 5.41) is 13.8. The summed E-state index contributed by atoms with van der Waals surface area (Å²) >= 11 is 0. The van der Waals surface area contributed by atoms with Crippen LogP contribution in [0.3, 0.4) is 0 Å². The fourth-order valence-corrected chi connectivity index (χ4v) is 10.4. The number of fused-ring (bicyclic) bond motifs is 7. The summed E-state index contributed by atoms with van der Waals surface area (Å²) in [6.07, 6.45) is 14.2. The number of aliphatic hydroxyl groups is 1. The maximum atomic E-state index is 11.4. The molecule has 5 fully saturated rings. The second-order valence-electron chi connectivity index (χ2n) is 12.2.